The van der Waals surface area contributed by atoms with Crippen molar-refractivity contribution in [1.29, 1.82) is 0 Å². The Bertz CT molecular complexity index is 974. The number of aromatic hydroxyl groups is 1. The number of benzene rings is 1. The van der Waals surface area contributed by atoms with Crippen molar-refractivity contribution in [2.45, 2.75) is 43.7 Å². The molecule has 1 spiro atoms. The van der Waals surface area contributed by atoms with Crippen LogP contribution in [0.5, 0.6) is 5.75 Å². The molecule has 2 aromatic rings. The largest absolute Gasteiger partial charge is 0.507 e. The van der Waals surface area contributed by atoms with Gasteiger partial charge in [-0.15, -0.1) is 10.2 Å². The van der Waals surface area contributed by atoms with Crippen LogP contribution in [0.3, 0.4) is 0 Å². The lowest BCUT2D eigenvalue weighted by Crippen LogP contribution is -2.45. The van der Waals surface area contributed by atoms with Gasteiger partial charge in [-0.3, -0.25) is 0 Å². The van der Waals surface area contributed by atoms with E-state index in [2.05, 4.69) is 22.0 Å². The second kappa shape index (κ2) is 8.14. The summed E-state index contributed by atoms with van der Waals surface area (Å²) >= 11 is 0. The fourth-order valence-corrected chi connectivity index (χ4v) is 3.77. The SMILES string of the molecule is Nc1nnc(-c2ccccc2O)cc1C#CC1(OC(F)F)CCC2(CC1)OCCO2. The summed E-state index contributed by atoms with van der Waals surface area (Å²) in [5.41, 5.74) is 5.69. The van der Waals surface area contributed by atoms with Gasteiger partial charge in [0.25, 0.3) is 0 Å². The number of aromatic nitrogens is 2. The minimum Gasteiger partial charge on any atom is -0.507 e. The van der Waals surface area contributed by atoms with E-state index in [1.807, 2.05) is 0 Å². The van der Waals surface area contributed by atoms with Gasteiger partial charge in [0.05, 0.1) is 24.5 Å². The number of anilines is 1. The molecular formula is C21H21F2N3O4. The molecule has 7 nitrogen and oxygen atoms in total. The van der Waals surface area contributed by atoms with Crippen molar-refractivity contribution in [1.82, 2.24) is 10.2 Å². The standard InChI is InChI=1S/C21H21F2N3O4/c22-19(23)30-20(7-9-21(10-8-20)28-11-12-29-21)6-5-14-13-16(25-26-18(14)24)15-3-1-2-4-17(15)27/h1-4,13,19,27H,7-12H2,(H2,24,26). The molecule has 4 rings (SSSR count). The molecule has 1 aliphatic heterocycles. The van der Waals surface area contributed by atoms with Crippen molar-refractivity contribution < 1.29 is 28.1 Å². The maximum Gasteiger partial charge on any atom is 0.346 e. The summed E-state index contributed by atoms with van der Waals surface area (Å²) in [4.78, 5) is 0. The minimum absolute atomic E-state index is 0.0297. The molecule has 2 fully saturated rings. The molecular weight excluding hydrogens is 396 g/mol. The van der Waals surface area contributed by atoms with Gasteiger partial charge < -0.3 is 25.1 Å². The van der Waals surface area contributed by atoms with Crippen LogP contribution in [-0.4, -0.2) is 46.5 Å². The first kappa shape index (κ1) is 20.5. The first-order chi connectivity index (χ1) is 14.4. The molecule has 9 heteroatoms. The maximum atomic E-state index is 13.1. The molecule has 1 aliphatic carbocycles. The summed E-state index contributed by atoms with van der Waals surface area (Å²) < 4.78 is 42.5. The molecule has 158 valence electrons. The van der Waals surface area contributed by atoms with Crippen LogP contribution in [0.1, 0.15) is 31.2 Å². The molecule has 0 radical (unpaired) electrons. The number of rotatable bonds is 3. The van der Waals surface area contributed by atoms with Gasteiger partial charge >= 0.3 is 6.61 Å². The van der Waals surface area contributed by atoms with Crippen molar-refractivity contribution in [2.24, 2.45) is 0 Å². The number of nitrogens with zero attached hydrogens (tertiary/aromatic N) is 2. The zero-order chi connectivity index (χ0) is 21.2. The first-order valence-corrected chi connectivity index (χ1v) is 9.59. The second-order valence-electron chi connectivity index (χ2n) is 7.28. The lowest BCUT2D eigenvalue weighted by molar-refractivity contribution is -0.239. The number of halogens is 2. The maximum absolute atomic E-state index is 13.1. The van der Waals surface area contributed by atoms with Crippen molar-refractivity contribution in [3.63, 3.8) is 0 Å². The van der Waals surface area contributed by atoms with Crippen LogP contribution >= 0.6 is 0 Å². The van der Waals surface area contributed by atoms with Gasteiger partial charge in [-0.25, -0.2) is 0 Å². The molecule has 1 aromatic heterocycles. The summed E-state index contributed by atoms with van der Waals surface area (Å²) in [6, 6.07) is 8.19. The number of para-hydroxylation sites is 1. The van der Waals surface area contributed by atoms with Crippen LogP contribution in [-0.2, 0) is 14.2 Å². The third-order valence-corrected chi connectivity index (χ3v) is 5.38. The van der Waals surface area contributed by atoms with Crippen LogP contribution in [0, 0.1) is 11.8 Å². The Kier molecular flexibility index (Phi) is 5.56. The summed E-state index contributed by atoms with van der Waals surface area (Å²) in [5, 5.41) is 17.9. The molecule has 30 heavy (non-hydrogen) atoms. The number of phenolic OH excluding ortho intramolecular Hbond substituents is 1. The van der Waals surface area contributed by atoms with E-state index >= 15 is 0 Å². The van der Waals surface area contributed by atoms with Gasteiger partial charge in [0, 0.05) is 18.4 Å². The Labute approximate surface area is 172 Å². The molecule has 2 aliphatic rings. The van der Waals surface area contributed by atoms with Gasteiger partial charge in [-0.2, -0.15) is 8.78 Å². The van der Waals surface area contributed by atoms with Crippen molar-refractivity contribution >= 4 is 5.82 Å². The van der Waals surface area contributed by atoms with E-state index in [-0.39, 0.29) is 24.4 Å². The van der Waals surface area contributed by atoms with Crippen molar-refractivity contribution in [3.8, 4) is 28.8 Å². The Balaban J connectivity index is 1.63. The smallest absolute Gasteiger partial charge is 0.346 e. The minimum atomic E-state index is -2.97. The molecule has 0 unspecified atom stereocenters. The third kappa shape index (κ3) is 4.21. The molecule has 0 bridgehead atoms. The average Bonchev–Trinajstić information content (AvgIpc) is 3.18. The molecule has 3 N–H and O–H groups in total. The van der Waals surface area contributed by atoms with E-state index in [9.17, 15) is 13.9 Å². The quantitative estimate of drug-likeness (QED) is 0.741. The van der Waals surface area contributed by atoms with E-state index in [1.54, 1.807) is 24.3 Å². The third-order valence-electron chi connectivity index (χ3n) is 5.38. The highest BCUT2D eigenvalue weighted by Crippen LogP contribution is 2.42. The second-order valence-corrected chi connectivity index (χ2v) is 7.28. The molecule has 0 atom stereocenters. The van der Waals surface area contributed by atoms with Gasteiger partial charge in [0.1, 0.15) is 11.4 Å². The molecule has 0 amide bonds. The van der Waals surface area contributed by atoms with Gasteiger partial charge in [-0.05, 0) is 31.0 Å². The van der Waals surface area contributed by atoms with Crippen molar-refractivity contribution in [3.05, 3.63) is 35.9 Å². The fourth-order valence-electron chi connectivity index (χ4n) is 3.77. The Morgan fingerprint density at radius 2 is 1.80 bits per heavy atom. The van der Waals surface area contributed by atoms with Gasteiger partial charge in [0.2, 0.25) is 0 Å². The lowest BCUT2D eigenvalue weighted by Gasteiger charge is -2.40. The predicted octanol–water partition coefficient (Wildman–Crippen LogP) is 3.08. The van der Waals surface area contributed by atoms with Crippen molar-refractivity contribution in [2.75, 3.05) is 18.9 Å². The number of hydrogen-bond donors (Lipinski definition) is 2. The number of alkyl halides is 2. The van der Waals surface area contributed by atoms with Crippen LogP contribution in [0.15, 0.2) is 30.3 Å². The molecule has 1 aromatic carbocycles. The normalized spacial score (nSPS) is 19.6. The summed E-state index contributed by atoms with van der Waals surface area (Å²) in [6.45, 7) is -1.99. The van der Waals surface area contributed by atoms with E-state index in [0.717, 1.165) is 0 Å². The van der Waals surface area contributed by atoms with E-state index in [1.165, 1.54) is 6.07 Å². The number of ether oxygens (including phenoxy) is 3. The fraction of sp³-hybridized carbons (Fsp3) is 0.429. The van der Waals surface area contributed by atoms with Crippen LogP contribution in [0.25, 0.3) is 11.3 Å². The summed E-state index contributed by atoms with van der Waals surface area (Å²) in [7, 11) is 0. The number of hydrogen-bond acceptors (Lipinski definition) is 7. The molecule has 1 saturated carbocycles. The van der Waals surface area contributed by atoms with Crippen LogP contribution in [0.4, 0.5) is 14.6 Å². The average molecular weight is 417 g/mol. The summed E-state index contributed by atoms with van der Waals surface area (Å²) in [6.07, 6.45) is 1.27. The van der Waals surface area contributed by atoms with E-state index in [4.69, 9.17) is 19.9 Å². The Morgan fingerprint density at radius 1 is 1.10 bits per heavy atom. The number of phenols is 1. The predicted molar refractivity (Wildman–Crippen MR) is 103 cm³/mol. The van der Waals surface area contributed by atoms with Gasteiger partial charge in [0.15, 0.2) is 11.6 Å². The number of nitrogen functional groups attached to an aromatic ring is 1. The van der Waals surface area contributed by atoms with Crippen LogP contribution in [0.2, 0.25) is 0 Å². The molecule has 1 saturated heterocycles. The van der Waals surface area contributed by atoms with E-state index < -0.39 is 18.0 Å². The highest BCUT2D eigenvalue weighted by atomic mass is 19.3. The van der Waals surface area contributed by atoms with Crippen LogP contribution < -0.4 is 5.73 Å². The number of nitrogens with two attached hydrogens (primary N) is 1. The Hall–Kier alpha value is -2.80. The van der Waals surface area contributed by atoms with Gasteiger partial charge in [-0.1, -0.05) is 24.0 Å². The Morgan fingerprint density at radius 3 is 2.47 bits per heavy atom. The topological polar surface area (TPSA) is 99.7 Å². The van der Waals surface area contributed by atoms with E-state index in [0.29, 0.717) is 42.9 Å². The monoisotopic (exact) mass is 417 g/mol. The zero-order valence-electron chi connectivity index (χ0n) is 16.1. The molecule has 2 heterocycles. The summed E-state index contributed by atoms with van der Waals surface area (Å²) in [5.74, 6) is 5.05. The lowest BCUT2D eigenvalue weighted by atomic mass is 9.81. The highest BCUT2D eigenvalue weighted by Gasteiger charge is 2.47. The zero-order valence-corrected chi connectivity index (χ0v) is 16.1. The first-order valence-electron chi connectivity index (χ1n) is 9.59. The highest BCUT2D eigenvalue weighted by molar-refractivity contribution is 5.69.